The first-order valence-corrected chi connectivity index (χ1v) is 5.75. The van der Waals surface area contributed by atoms with E-state index in [1.54, 1.807) is 14.2 Å². The summed E-state index contributed by atoms with van der Waals surface area (Å²) in [7, 11) is 3.25. The van der Waals surface area contributed by atoms with Crippen LogP contribution in [0.15, 0.2) is 18.2 Å². The molecule has 0 aromatic heterocycles. The van der Waals surface area contributed by atoms with Gasteiger partial charge in [-0.2, -0.15) is 0 Å². The summed E-state index contributed by atoms with van der Waals surface area (Å²) in [6, 6.07) is 5.98. The van der Waals surface area contributed by atoms with Gasteiger partial charge in [0, 0.05) is 30.8 Å². The number of rotatable bonds is 7. The summed E-state index contributed by atoms with van der Waals surface area (Å²) < 4.78 is 16.0. The van der Waals surface area contributed by atoms with Gasteiger partial charge in [0.1, 0.15) is 23.9 Å². The molecule has 1 aromatic carbocycles. The third kappa shape index (κ3) is 4.95. The Kier molecular flexibility index (Phi) is 5.63. The Balaban J connectivity index is 2.51. The van der Waals surface area contributed by atoms with E-state index in [9.17, 15) is 0 Å². The van der Waals surface area contributed by atoms with Crippen LogP contribution in [-0.2, 0) is 0 Å². The minimum Gasteiger partial charge on any atom is -0.496 e. The second-order valence-electron chi connectivity index (χ2n) is 4.01. The third-order valence-electron chi connectivity index (χ3n) is 2.25. The lowest BCUT2D eigenvalue weighted by Crippen LogP contribution is -2.27. The van der Waals surface area contributed by atoms with Gasteiger partial charge < -0.3 is 19.5 Å². The molecule has 1 aromatic rings. The van der Waals surface area contributed by atoms with Gasteiger partial charge in [-0.05, 0) is 0 Å². The Morgan fingerprint density at radius 1 is 1.00 bits per heavy atom. The van der Waals surface area contributed by atoms with Crippen molar-refractivity contribution in [2.45, 2.75) is 19.9 Å². The number of hydrogen-bond acceptors (Lipinski definition) is 4. The molecule has 0 saturated heterocycles. The number of hydrogen-bond donors (Lipinski definition) is 1. The van der Waals surface area contributed by atoms with E-state index in [1.807, 2.05) is 18.2 Å². The molecule has 0 spiro atoms. The van der Waals surface area contributed by atoms with Crippen molar-refractivity contribution in [1.29, 1.82) is 0 Å². The fourth-order valence-electron chi connectivity index (χ4n) is 1.38. The Hall–Kier alpha value is -1.42. The lowest BCUT2D eigenvalue weighted by molar-refractivity contribution is 0.303. The predicted molar refractivity (Wildman–Crippen MR) is 68.2 cm³/mol. The maximum absolute atomic E-state index is 5.62. The highest BCUT2D eigenvalue weighted by Crippen LogP contribution is 2.27. The summed E-state index contributed by atoms with van der Waals surface area (Å²) >= 11 is 0. The molecule has 0 bridgehead atoms. The molecule has 0 aliphatic heterocycles. The number of benzene rings is 1. The van der Waals surface area contributed by atoms with Gasteiger partial charge in [0.05, 0.1) is 14.2 Å². The zero-order valence-corrected chi connectivity index (χ0v) is 10.9. The zero-order chi connectivity index (χ0) is 12.7. The van der Waals surface area contributed by atoms with Crippen molar-refractivity contribution in [2.75, 3.05) is 27.4 Å². The Morgan fingerprint density at radius 3 is 2.00 bits per heavy atom. The SMILES string of the molecule is COc1cc(OC)cc(OCCNC(C)C)c1. The summed E-state index contributed by atoms with van der Waals surface area (Å²) in [5.41, 5.74) is 0. The summed E-state index contributed by atoms with van der Waals surface area (Å²) in [6.07, 6.45) is 0. The van der Waals surface area contributed by atoms with Crippen molar-refractivity contribution >= 4 is 0 Å². The van der Waals surface area contributed by atoms with Crippen LogP contribution >= 0.6 is 0 Å². The van der Waals surface area contributed by atoms with Gasteiger partial charge in [0.2, 0.25) is 0 Å². The van der Waals surface area contributed by atoms with Crippen LogP contribution in [0.2, 0.25) is 0 Å². The van der Waals surface area contributed by atoms with Crippen LogP contribution in [-0.4, -0.2) is 33.4 Å². The molecule has 4 nitrogen and oxygen atoms in total. The van der Waals surface area contributed by atoms with Crippen LogP contribution in [0.1, 0.15) is 13.8 Å². The van der Waals surface area contributed by atoms with Crippen LogP contribution in [0.5, 0.6) is 17.2 Å². The average Bonchev–Trinajstić information content (AvgIpc) is 2.34. The summed E-state index contributed by atoms with van der Waals surface area (Å²) in [4.78, 5) is 0. The highest BCUT2D eigenvalue weighted by Gasteiger charge is 2.02. The first kappa shape index (κ1) is 13.6. The smallest absolute Gasteiger partial charge is 0.126 e. The van der Waals surface area contributed by atoms with Crippen molar-refractivity contribution in [3.63, 3.8) is 0 Å². The first-order chi connectivity index (χ1) is 8.15. The van der Waals surface area contributed by atoms with Crippen LogP contribution < -0.4 is 19.5 Å². The first-order valence-electron chi connectivity index (χ1n) is 5.75. The van der Waals surface area contributed by atoms with E-state index in [1.165, 1.54) is 0 Å². The minimum atomic E-state index is 0.471. The molecule has 4 heteroatoms. The monoisotopic (exact) mass is 239 g/mol. The van der Waals surface area contributed by atoms with Gasteiger partial charge in [0.25, 0.3) is 0 Å². The van der Waals surface area contributed by atoms with E-state index in [0.29, 0.717) is 12.6 Å². The number of nitrogens with one attached hydrogen (secondary N) is 1. The van der Waals surface area contributed by atoms with Crippen molar-refractivity contribution in [2.24, 2.45) is 0 Å². The predicted octanol–water partition coefficient (Wildman–Crippen LogP) is 2.08. The summed E-state index contributed by atoms with van der Waals surface area (Å²) in [5, 5.41) is 3.29. The van der Waals surface area contributed by atoms with Crippen LogP contribution in [0.25, 0.3) is 0 Å². The molecule has 1 N–H and O–H groups in total. The zero-order valence-electron chi connectivity index (χ0n) is 10.9. The van der Waals surface area contributed by atoms with Gasteiger partial charge >= 0.3 is 0 Å². The lowest BCUT2D eigenvalue weighted by atomic mass is 10.3. The molecule has 0 amide bonds. The fourth-order valence-corrected chi connectivity index (χ4v) is 1.38. The molecule has 0 unspecified atom stereocenters. The molecule has 96 valence electrons. The topological polar surface area (TPSA) is 39.7 Å². The normalized spacial score (nSPS) is 10.4. The van der Waals surface area contributed by atoms with E-state index >= 15 is 0 Å². The standard InChI is InChI=1S/C13H21NO3/c1-10(2)14-5-6-17-13-8-11(15-3)7-12(9-13)16-4/h7-10,14H,5-6H2,1-4H3. The molecular formula is C13H21NO3. The van der Waals surface area contributed by atoms with Crippen molar-refractivity contribution < 1.29 is 14.2 Å². The molecule has 1 rings (SSSR count). The number of ether oxygens (including phenoxy) is 3. The van der Waals surface area contributed by atoms with Gasteiger partial charge in [-0.1, -0.05) is 13.8 Å². The quantitative estimate of drug-likeness (QED) is 0.739. The highest BCUT2D eigenvalue weighted by atomic mass is 16.5. The largest absolute Gasteiger partial charge is 0.496 e. The maximum Gasteiger partial charge on any atom is 0.126 e. The molecular weight excluding hydrogens is 218 g/mol. The van der Waals surface area contributed by atoms with Crippen molar-refractivity contribution in [1.82, 2.24) is 5.32 Å². The number of methoxy groups -OCH3 is 2. The van der Waals surface area contributed by atoms with Gasteiger partial charge in [-0.25, -0.2) is 0 Å². The molecule has 0 aliphatic carbocycles. The average molecular weight is 239 g/mol. The molecule has 0 heterocycles. The minimum absolute atomic E-state index is 0.471. The van der Waals surface area contributed by atoms with E-state index in [4.69, 9.17) is 14.2 Å². The van der Waals surface area contributed by atoms with Crippen molar-refractivity contribution in [3.05, 3.63) is 18.2 Å². The van der Waals surface area contributed by atoms with Gasteiger partial charge in [-0.15, -0.1) is 0 Å². The van der Waals surface area contributed by atoms with E-state index in [0.717, 1.165) is 23.8 Å². The fraction of sp³-hybridized carbons (Fsp3) is 0.538. The summed E-state index contributed by atoms with van der Waals surface area (Å²) in [5.74, 6) is 2.22. The Morgan fingerprint density at radius 2 is 1.53 bits per heavy atom. The lowest BCUT2D eigenvalue weighted by Gasteiger charge is -2.11. The third-order valence-corrected chi connectivity index (χ3v) is 2.25. The van der Waals surface area contributed by atoms with E-state index in [2.05, 4.69) is 19.2 Å². The maximum atomic E-state index is 5.62. The molecule has 0 radical (unpaired) electrons. The second kappa shape index (κ2) is 7.01. The van der Waals surface area contributed by atoms with E-state index < -0.39 is 0 Å². The molecule has 0 fully saturated rings. The molecule has 0 atom stereocenters. The second-order valence-corrected chi connectivity index (χ2v) is 4.01. The van der Waals surface area contributed by atoms with Crippen molar-refractivity contribution in [3.8, 4) is 17.2 Å². The van der Waals surface area contributed by atoms with E-state index in [-0.39, 0.29) is 0 Å². The molecule has 0 saturated carbocycles. The van der Waals surface area contributed by atoms with Gasteiger partial charge in [-0.3, -0.25) is 0 Å². The Labute approximate surface area is 103 Å². The van der Waals surface area contributed by atoms with Crippen LogP contribution in [0.4, 0.5) is 0 Å². The Bertz CT molecular complexity index is 317. The molecule has 17 heavy (non-hydrogen) atoms. The summed E-state index contributed by atoms with van der Waals surface area (Å²) in [6.45, 7) is 5.65. The highest BCUT2D eigenvalue weighted by molar-refractivity contribution is 5.41. The molecule has 0 aliphatic rings. The van der Waals surface area contributed by atoms with Crippen LogP contribution in [0, 0.1) is 0 Å². The van der Waals surface area contributed by atoms with Crippen LogP contribution in [0.3, 0.4) is 0 Å². The van der Waals surface area contributed by atoms with Gasteiger partial charge in [0.15, 0.2) is 0 Å².